The van der Waals surface area contributed by atoms with Crippen LogP contribution in [0.2, 0.25) is 39.3 Å². The van der Waals surface area contributed by atoms with Crippen molar-refractivity contribution in [1.29, 1.82) is 0 Å². The molecule has 0 aliphatic carbocycles. The minimum atomic E-state index is -1.83. The van der Waals surface area contributed by atoms with Crippen molar-refractivity contribution in [2.45, 2.75) is 109 Å². The maximum atomic E-state index is 7.17. The molecule has 3 atom stereocenters. The highest BCUT2D eigenvalue weighted by atomic mass is 28.3. The molecule has 14 aromatic carbocycles. The second-order valence-corrected chi connectivity index (χ2v) is 57.1. The number of hydrogen-bond donors (Lipinski definition) is 0. The summed E-state index contributed by atoms with van der Waals surface area (Å²) in [6, 6.07) is 132. The summed E-state index contributed by atoms with van der Waals surface area (Å²) in [6.45, 7) is 28.8. The van der Waals surface area contributed by atoms with Crippen LogP contribution in [0.3, 0.4) is 0 Å². The third-order valence-corrected chi connectivity index (χ3v) is 39.6. The lowest BCUT2D eigenvalue weighted by Crippen LogP contribution is -2.75. The minimum Gasteiger partial charge on any atom is -0.404 e. The quantitative estimate of drug-likeness (QED) is 0.130. The van der Waals surface area contributed by atoms with Gasteiger partial charge in [-0.1, -0.05) is 251 Å². The zero-order valence-electron chi connectivity index (χ0n) is 83.6. The molecule has 12 aliphatic rings. The first-order valence-electron chi connectivity index (χ1n) is 52.2. The van der Waals surface area contributed by atoms with E-state index < -0.39 is 33.1 Å². The number of para-hydroxylation sites is 6. The van der Waals surface area contributed by atoms with E-state index >= 15 is 0 Å². The average Bonchev–Trinajstić information content (AvgIpc) is 1.46. The van der Waals surface area contributed by atoms with E-state index in [1.54, 1.807) is 0 Å². The number of aromatic nitrogens is 12. The van der Waals surface area contributed by atoms with Gasteiger partial charge >= 0.3 is 51.6 Å². The summed E-state index contributed by atoms with van der Waals surface area (Å²) in [5, 5.41) is 18.4. The summed E-state index contributed by atoms with van der Waals surface area (Å²) in [5.74, 6) is 5.47. The molecule has 17 heteroatoms. The van der Waals surface area contributed by atoms with Crippen LogP contribution in [0.15, 0.2) is 352 Å². The number of fused-ring (bicyclic) bond motifs is 27. The van der Waals surface area contributed by atoms with Gasteiger partial charge < -0.3 is 27.9 Å². The first-order valence-corrected chi connectivity index (χ1v) is 59.2. The number of ether oxygens (including phenoxy) is 3. The van der Waals surface area contributed by atoms with Crippen LogP contribution in [0.1, 0.15) is 86.1 Å². The molecule has 0 N–H and O–H groups in total. The topological polar surface area (TPSA) is 80.5 Å². The van der Waals surface area contributed by atoms with Crippen LogP contribution < -0.4 is 52.0 Å². The smallest absolute Gasteiger partial charge is 0.379 e. The van der Waals surface area contributed by atoms with E-state index in [4.69, 9.17) is 14.2 Å². The Labute approximate surface area is 851 Å². The Morgan fingerprint density at radius 3 is 1.02 bits per heavy atom. The van der Waals surface area contributed by atoms with Crippen LogP contribution in [-0.4, -0.2) is 43.6 Å². The van der Waals surface area contributed by atoms with Crippen molar-refractivity contribution in [2.24, 2.45) is 0 Å². The molecule has 148 heavy (non-hydrogen) atoms. The van der Waals surface area contributed by atoms with Gasteiger partial charge in [-0.25, -0.2) is 0 Å². The predicted molar refractivity (Wildman–Crippen MR) is 592 cm³/mol. The highest BCUT2D eigenvalue weighted by Crippen LogP contribution is 2.65. The predicted octanol–water partition coefficient (Wildman–Crippen LogP) is 26.4. The molecule has 12 aliphatic heterocycles. The Hall–Kier alpha value is -17.4. The van der Waals surface area contributed by atoms with E-state index in [1.165, 1.54) is 260 Å². The lowest BCUT2D eigenvalue weighted by molar-refractivity contribution is -0.932. The van der Waals surface area contributed by atoms with E-state index in [9.17, 15) is 0 Å². The van der Waals surface area contributed by atoms with Crippen molar-refractivity contribution in [1.82, 2.24) is 27.4 Å². The molecule has 3 unspecified atom stereocenters. The monoisotopic (exact) mass is 1940 g/mol. The SMILES string of the molecule is CC(C)(C)c1cc2[n+]3c(c1)-c1cc(C(C)(C)C)c4c5ccccc5n5c4[n+]1C31c3c(cccc3-5)-n3c4ccccc4c4ccc(c1c43)O2.C[Si](C)(C)c1cc2[n+]3c(c1)-c1cc([Si](C)(C)C)c4c5ccccc5n5c4[n+]1C31c3c(cccc3-5)-n3c4ccccc4c4ccc(c1c43)O2.c1ccc(-c2cc3[n+]4c(c2)-c2cc(-c5ccccc5)c5c6ccccc6n6c5[n+]2C42c4c(cccc4-6)-n4c5ccccc5c5ccc(c2c54)O3)cc1. The summed E-state index contributed by atoms with van der Waals surface area (Å²) in [6.07, 6.45) is 0. The molecular weight excluding hydrogens is 1850 g/mol. The Balaban J connectivity index is 0.0000000919. The fourth-order valence-corrected chi connectivity index (χ4v) is 32.7. The lowest BCUT2D eigenvalue weighted by atomic mass is 9.80. The van der Waals surface area contributed by atoms with Gasteiger partial charge in [0.25, 0.3) is 17.1 Å². The van der Waals surface area contributed by atoms with Crippen molar-refractivity contribution in [3.63, 3.8) is 0 Å². The maximum absolute atomic E-state index is 7.17. The molecule has 26 aromatic rings. The molecular formula is C131H94N12O3Si2+6. The second-order valence-electron chi connectivity index (χ2n) is 47.0. The van der Waals surface area contributed by atoms with E-state index in [1.807, 2.05) is 0 Å². The normalized spacial score (nSPS) is 17.2. The molecule has 3 spiro atoms. The lowest BCUT2D eigenvalue weighted by Gasteiger charge is -2.37. The number of benzene rings is 14. The molecule has 0 saturated carbocycles. The van der Waals surface area contributed by atoms with Gasteiger partial charge in [0, 0.05) is 78.3 Å². The van der Waals surface area contributed by atoms with Gasteiger partial charge in [-0.05, 0) is 189 Å². The highest BCUT2D eigenvalue weighted by molar-refractivity contribution is 6.91. The van der Waals surface area contributed by atoms with Gasteiger partial charge in [0.1, 0.15) is 49.9 Å². The van der Waals surface area contributed by atoms with E-state index in [0.717, 1.165) is 51.7 Å². The van der Waals surface area contributed by atoms with Crippen LogP contribution in [-0.2, 0) is 27.8 Å². The van der Waals surface area contributed by atoms with Gasteiger partial charge in [-0.3, -0.25) is 0 Å². The van der Waals surface area contributed by atoms with Crippen LogP contribution in [0.5, 0.6) is 34.9 Å². The van der Waals surface area contributed by atoms with Crippen molar-refractivity contribution in [3.8, 4) is 125 Å². The zero-order chi connectivity index (χ0) is 97.9. The third-order valence-electron chi connectivity index (χ3n) is 35.6. The highest BCUT2D eigenvalue weighted by Gasteiger charge is 2.76. The first-order chi connectivity index (χ1) is 72.0. The molecule has 0 fully saturated rings. The largest absolute Gasteiger partial charge is 0.404 e. The molecule has 0 radical (unpaired) electrons. The first kappa shape index (κ1) is 80.0. The van der Waals surface area contributed by atoms with E-state index in [2.05, 4.69) is 487 Å². The van der Waals surface area contributed by atoms with Crippen molar-refractivity contribution >= 4 is 158 Å². The van der Waals surface area contributed by atoms with E-state index in [0.29, 0.717) is 0 Å². The summed E-state index contributed by atoms with van der Waals surface area (Å²) < 4.78 is 52.5. The number of hydrogen-bond acceptors (Lipinski definition) is 3. The fourth-order valence-electron chi connectivity index (χ4n) is 30.0. The van der Waals surface area contributed by atoms with Crippen molar-refractivity contribution < 1.29 is 41.6 Å². The van der Waals surface area contributed by atoms with E-state index in [-0.39, 0.29) is 10.8 Å². The summed E-state index contributed by atoms with van der Waals surface area (Å²) >= 11 is 0. The Bertz CT molecular complexity index is 10700. The molecule has 0 bridgehead atoms. The zero-order valence-corrected chi connectivity index (χ0v) is 85.6. The Morgan fingerprint density at radius 2 is 0.588 bits per heavy atom. The van der Waals surface area contributed by atoms with Crippen LogP contribution in [0.4, 0.5) is 0 Å². The Morgan fingerprint density at radius 1 is 0.243 bits per heavy atom. The third kappa shape index (κ3) is 8.74. The van der Waals surface area contributed by atoms with Crippen LogP contribution in [0, 0.1) is 0 Å². The average molecular weight is 1940 g/mol. The van der Waals surface area contributed by atoms with Gasteiger partial charge in [-0.2, -0.15) is 13.7 Å². The molecule has 698 valence electrons. The summed E-state index contributed by atoms with van der Waals surface area (Å²) in [4.78, 5) is 0. The minimum absolute atomic E-state index is 0.0612. The van der Waals surface area contributed by atoms with Crippen molar-refractivity contribution in [2.75, 3.05) is 0 Å². The number of nitrogens with zero attached hydrogens (tertiary/aromatic N) is 12. The maximum Gasteiger partial charge on any atom is 0.379 e. The number of rotatable bonds is 4. The fraction of sp³-hybridized carbons (Fsp3) is 0.130. The molecule has 15 nitrogen and oxygen atoms in total. The van der Waals surface area contributed by atoms with Gasteiger partial charge in [0.05, 0.1) is 101 Å². The molecule has 24 heterocycles. The number of pyridine rings is 6. The second kappa shape index (κ2) is 25.6. The standard InChI is InChI=1S/C47H26N4O.C43H34N4O.C41H34N4OSi2/c1-3-12-27(13-4-1)29-24-38-39-26-33(28-14-5-2-6-15-28)42-32-17-8-10-19-35(32)49-37-21-11-20-36-43(37)47(51(39)46(42)49)44-40(52-41(25-29)50(38)47)23-22-31-30-16-7-9-18-34(30)48(36)45(31)44;1-41(2,3)23-20-32-33-22-27(42(4,5)6)36-26-13-8-10-15-29(26)45-31-17-11-16-30-37(31)43(47(33)40(36)45)38-34(48-35(21-23)46(32)43)19-18-25-24-12-7-9-14-28(24)44(30)39(25)38;1-47(2,3)23-20-31-32-22-34(48(4,5)6)36-26-13-8-10-15-28(26)43-30-17-11-16-29-37(30)41(45(32)40(36)43)38-33(46-35(21-23)44(31)41)19-18-25-24-12-7-9-14-27(24)42(29)39(25)38/h1-26H;2*7-22H,1-6H3/q3*+2. The molecule has 38 rings (SSSR count). The summed E-state index contributed by atoms with van der Waals surface area (Å²) in [5.41, 5.74) is 42.3. The van der Waals surface area contributed by atoms with Gasteiger partial charge in [0.15, 0.2) is 34.3 Å². The molecule has 0 saturated heterocycles. The molecule has 0 amide bonds. The van der Waals surface area contributed by atoms with Crippen LogP contribution in [0.25, 0.3) is 222 Å². The van der Waals surface area contributed by atoms with Crippen molar-refractivity contribution in [3.05, 3.63) is 396 Å². The van der Waals surface area contributed by atoms with Gasteiger partial charge in [0.2, 0.25) is 17.1 Å². The van der Waals surface area contributed by atoms with Gasteiger partial charge in [-0.15, -0.1) is 27.4 Å². The Kier molecular flexibility index (Phi) is 13.8. The molecule has 12 aromatic heterocycles. The van der Waals surface area contributed by atoms with Crippen LogP contribution >= 0.6 is 0 Å². The summed E-state index contributed by atoms with van der Waals surface area (Å²) in [7, 11) is -3.55.